The molecule has 0 aliphatic carbocycles. The van der Waals surface area contributed by atoms with E-state index in [9.17, 15) is 4.39 Å². The van der Waals surface area contributed by atoms with Crippen molar-refractivity contribution in [1.29, 1.82) is 5.26 Å². The predicted octanol–water partition coefficient (Wildman–Crippen LogP) is 2.56. The molecule has 0 aliphatic rings. The van der Waals surface area contributed by atoms with Crippen LogP contribution in [0.4, 0.5) is 10.1 Å². The van der Waals surface area contributed by atoms with Crippen molar-refractivity contribution in [3.8, 4) is 6.07 Å². The van der Waals surface area contributed by atoms with Gasteiger partial charge in [-0.05, 0) is 24.1 Å². The molecule has 0 aliphatic heterocycles. The highest BCUT2D eigenvalue weighted by atomic mass is 19.1. The first kappa shape index (κ1) is 14.0. The van der Waals surface area contributed by atoms with Crippen LogP contribution >= 0.6 is 0 Å². The maximum Gasteiger partial charge on any atom is 0.147 e. The van der Waals surface area contributed by atoms with Crippen LogP contribution < -0.4 is 5.32 Å². The number of nitrogens with zero attached hydrogens (tertiary/aromatic N) is 4. The number of aromatic nitrogens is 3. The summed E-state index contributed by atoms with van der Waals surface area (Å²) in [6.07, 6.45) is 1.49. The van der Waals surface area contributed by atoms with E-state index in [1.54, 1.807) is 16.8 Å². The molecule has 20 heavy (non-hydrogen) atoms. The second kappa shape index (κ2) is 6.15. The quantitative estimate of drug-likeness (QED) is 0.909. The van der Waals surface area contributed by atoms with Gasteiger partial charge in [0.2, 0.25) is 0 Å². The van der Waals surface area contributed by atoms with E-state index in [0.29, 0.717) is 23.7 Å². The number of hydrogen-bond acceptors (Lipinski definition) is 4. The number of nitrogens with one attached hydrogen (secondary N) is 1. The van der Waals surface area contributed by atoms with Crippen molar-refractivity contribution in [1.82, 2.24) is 14.8 Å². The predicted molar refractivity (Wildman–Crippen MR) is 73.3 cm³/mol. The van der Waals surface area contributed by atoms with Crippen LogP contribution in [0.2, 0.25) is 0 Å². The van der Waals surface area contributed by atoms with Gasteiger partial charge in [0.15, 0.2) is 0 Å². The highest BCUT2D eigenvalue weighted by Crippen LogP contribution is 2.16. The maximum atomic E-state index is 13.7. The molecule has 1 N–H and O–H groups in total. The van der Waals surface area contributed by atoms with Gasteiger partial charge in [0.25, 0.3) is 0 Å². The van der Waals surface area contributed by atoms with Crippen LogP contribution in [0.1, 0.15) is 25.2 Å². The summed E-state index contributed by atoms with van der Waals surface area (Å²) in [6, 6.07) is 6.24. The Balaban J connectivity index is 2.06. The summed E-state index contributed by atoms with van der Waals surface area (Å²) in [5, 5.41) is 15.8. The first-order chi connectivity index (χ1) is 9.60. The molecular weight excluding hydrogens is 257 g/mol. The van der Waals surface area contributed by atoms with E-state index >= 15 is 0 Å². The lowest BCUT2D eigenvalue weighted by Crippen LogP contribution is -2.13. The van der Waals surface area contributed by atoms with Gasteiger partial charge in [-0.1, -0.05) is 13.8 Å². The van der Waals surface area contributed by atoms with E-state index in [1.807, 2.05) is 6.07 Å². The normalized spacial score (nSPS) is 10.6. The molecule has 0 saturated heterocycles. The van der Waals surface area contributed by atoms with Crippen molar-refractivity contribution in [2.24, 2.45) is 5.92 Å². The van der Waals surface area contributed by atoms with Gasteiger partial charge < -0.3 is 5.32 Å². The Morgan fingerprint density at radius 2 is 2.25 bits per heavy atom. The van der Waals surface area contributed by atoms with Crippen LogP contribution in [0.3, 0.4) is 0 Å². The lowest BCUT2D eigenvalue weighted by Gasteiger charge is -2.10. The summed E-state index contributed by atoms with van der Waals surface area (Å²) in [4.78, 5) is 4.16. The Labute approximate surface area is 117 Å². The van der Waals surface area contributed by atoms with E-state index in [1.165, 1.54) is 12.4 Å². The highest BCUT2D eigenvalue weighted by Gasteiger charge is 2.08. The standard InChI is InChI=1S/C14H16FN5/c1-10(2)8-20-14(18-9-19-20)7-17-13-4-3-11(6-16)5-12(13)15/h3-5,9-10,17H,7-8H2,1-2H3. The molecule has 5 nitrogen and oxygen atoms in total. The van der Waals surface area contributed by atoms with Crippen LogP contribution in [0.15, 0.2) is 24.5 Å². The minimum Gasteiger partial charge on any atom is -0.375 e. The molecule has 0 unspecified atom stereocenters. The molecular formula is C14H16FN5. The number of benzene rings is 1. The monoisotopic (exact) mass is 273 g/mol. The van der Waals surface area contributed by atoms with E-state index < -0.39 is 5.82 Å². The summed E-state index contributed by atoms with van der Waals surface area (Å²) >= 11 is 0. The second-order valence-corrected chi connectivity index (χ2v) is 4.91. The fourth-order valence-corrected chi connectivity index (χ4v) is 1.83. The van der Waals surface area contributed by atoms with Crippen molar-refractivity contribution in [2.75, 3.05) is 5.32 Å². The molecule has 1 aromatic carbocycles. The van der Waals surface area contributed by atoms with Gasteiger partial charge in [0.1, 0.15) is 18.0 Å². The van der Waals surface area contributed by atoms with Gasteiger partial charge >= 0.3 is 0 Å². The van der Waals surface area contributed by atoms with Gasteiger partial charge in [-0.2, -0.15) is 10.4 Å². The maximum absolute atomic E-state index is 13.7. The number of hydrogen-bond donors (Lipinski definition) is 1. The number of nitriles is 1. The third kappa shape index (κ3) is 3.32. The average Bonchev–Trinajstić information content (AvgIpc) is 2.83. The molecule has 0 radical (unpaired) electrons. The first-order valence-corrected chi connectivity index (χ1v) is 6.40. The van der Waals surface area contributed by atoms with Crippen LogP contribution in [-0.4, -0.2) is 14.8 Å². The molecule has 1 heterocycles. The van der Waals surface area contributed by atoms with Gasteiger partial charge in [-0.25, -0.2) is 14.1 Å². The molecule has 0 atom stereocenters. The van der Waals surface area contributed by atoms with Crippen LogP contribution in [-0.2, 0) is 13.1 Å². The molecule has 2 aromatic rings. The molecule has 1 aromatic heterocycles. The van der Waals surface area contributed by atoms with Crippen molar-refractivity contribution in [3.05, 3.63) is 41.7 Å². The molecule has 0 saturated carbocycles. The zero-order chi connectivity index (χ0) is 14.5. The summed E-state index contributed by atoms with van der Waals surface area (Å²) in [5.74, 6) is 0.767. The minimum absolute atomic E-state index is 0.302. The van der Waals surface area contributed by atoms with Gasteiger partial charge in [-0.3, -0.25) is 0 Å². The summed E-state index contributed by atoms with van der Waals surface area (Å²) in [6.45, 7) is 5.35. The lowest BCUT2D eigenvalue weighted by atomic mass is 10.2. The first-order valence-electron chi connectivity index (χ1n) is 6.40. The fraction of sp³-hybridized carbons (Fsp3) is 0.357. The molecule has 2 rings (SSSR count). The van der Waals surface area contributed by atoms with Crippen molar-refractivity contribution < 1.29 is 4.39 Å². The van der Waals surface area contributed by atoms with Crippen LogP contribution in [0.5, 0.6) is 0 Å². The molecule has 0 spiro atoms. The van der Waals surface area contributed by atoms with Crippen molar-refractivity contribution >= 4 is 5.69 Å². The van der Waals surface area contributed by atoms with Gasteiger partial charge in [0.05, 0.1) is 23.9 Å². The molecule has 104 valence electrons. The highest BCUT2D eigenvalue weighted by molar-refractivity contribution is 5.48. The van der Waals surface area contributed by atoms with E-state index in [-0.39, 0.29) is 0 Å². The topological polar surface area (TPSA) is 66.5 Å². The molecule has 0 bridgehead atoms. The Bertz CT molecular complexity index is 627. The Kier molecular flexibility index (Phi) is 4.31. The molecule has 0 amide bonds. The lowest BCUT2D eigenvalue weighted by molar-refractivity contribution is 0.468. The van der Waals surface area contributed by atoms with Gasteiger partial charge in [0, 0.05) is 6.54 Å². The third-order valence-electron chi connectivity index (χ3n) is 2.77. The van der Waals surface area contributed by atoms with Crippen LogP contribution in [0, 0.1) is 23.1 Å². The van der Waals surface area contributed by atoms with Crippen LogP contribution in [0.25, 0.3) is 0 Å². The Morgan fingerprint density at radius 3 is 2.90 bits per heavy atom. The van der Waals surface area contributed by atoms with E-state index in [0.717, 1.165) is 12.4 Å². The van der Waals surface area contributed by atoms with E-state index in [4.69, 9.17) is 5.26 Å². The Hall–Kier alpha value is -2.42. The summed E-state index contributed by atoms with van der Waals surface area (Å²) in [7, 11) is 0. The molecule has 0 fully saturated rings. The zero-order valence-corrected chi connectivity index (χ0v) is 11.5. The summed E-state index contributed by atoms with van der Waals surface area (Å²) in [5.41, 5.74) is 0.652. The van der Waals surface area contributed by atoms with E-state index in [2.05, 4.69) is 29.2 Å². The number of halogens is 1. The summed E-state index contributed by atoms with van der Waals surface area (Å²) < 4.78 is 15.5. The zero-order valence-electron chi connectivity index (χ0n) is 11.5. The number of rotatable bonds is 5. The fourth-order valence-electron chi connectivity index (χ4n) is 1.83. The third-order valence-corrected chi connectivity index (χ3v) is 2.77. The average molecular weight is 273 g/mol. The van der Waals surface area contributed by atoms with Crippen molar-refractivity contribution in [2.45, 2.75) is 26.9 Å². The minimum atomic E-state index is -0.445. The largest absolute Gasteiger partial charge is 0.375 e. The number of anilines is 1. The smallest absolute Gasteiger partial charge is 0.147 e. The second-order valence-electron chi connectivity index (χ2n) is 4.91. The SMILES string of the molecule is CC(C)Cn1ncnc1CNc1ccc(C#N)cc1F. The molecule has 6 heteroatoms. The van der Waals surface area contributed by atoms with Crippen molar-refractivity contribution in [3.63, 3.8) is 0 Å². The van der Waals surface area contributed by atoms with Gasteiger partial charge in [-0.15, -0.1) is 0 Å². The Morgan fingerprint density at radius 1 is 1.45 bits per heavy atom.